The fourth-order valence-corrected chi connectivity index (χ4v) is 5.28. The van der Waals surface area contributed by atoms with Gasteiger partial charge in [0.1, 0.15) is 0 Å². The Labute approximate surface area is 181 Å². The maximum atomic E-state index is 14.8. The van der Waals surface area contributed by atoms with Crippen LogP contribution in [0, 0.1) is 36.2 Å². The first-order valence-corrected chi connectivity index (χ1v) is 10.3. The molecule has 2 aromatic rings. The average molecular weight is 481 g/mol. The van der Waals surface area contributed by atoms with E-state index in [1.807, 2.05) is 0 Å². The number of thiol groups is 2. The van der Waals surface area contributed by atoms with Crippen molar-refractivity contribution in [2.24, 2.45) is 0 Å². The van der Waals surface area contributed by atoms with Crippen molar-refractivity contribution >= 4 is 59.1 Å². The number of hydrogen-bond acceptors (Lipinski definition) is 4. The smallest absolute Gasteiger partial charge is 0.194 e. The molecule has 1 aliphatic rings. The second-order valence-electron chi connectivity index (χ2n) is 6.11. The van der Waals surface area contributed by atoms with E-state index in [-0.39, 0.29) is 30.6 Å². The van der Waals surface area contributed by atoms with Crippen LogP contribution in [0.4, 0.5) is 26.3 Å². The van der Waals surface area contributed by atoms with E-state index in [1.54, 1.807) is 0 Å². The Morgan fingerprint density at radius 3 is 1.38 bits per heavy atom. The van der Waals surface area contributed by atoms with Gasteiger partial charge in [-0.05, 0) is 59.5 Å². The first kappa shape index (κ1) is 22.2. The minimum atomic E-state index is -5.60. The van der Waals surface area contributed by atoms with Crippen LogP contribution < -0.4 is 0 Å². The molecular weight excluding hydrogens is 470 g/mol. The van der Waals surface area contributed by atoms with Crippen LogP contribution in [0.3, 0.4) is 0 Å². The maximum absolute atomic E-state index is 14.8. The summed E-state index contributed by atoms with van der Waals surface area (Å²) in [4.78, 5) is 0.828. The molecule has 0 N–H and O–H groups in total. The molecule has 1 aliphatic carbocycles. The molecule has 0 aromatic carbocycles. The Hall–Kier alpha value is -1.46. The fraction of sp³-hybridized carbons (Fsp3) is 0.263. The molecule has 0 bridgehead atoms. The van der Waals surface area contributed by atoms with Crippen molar-refractivity contribution < 1.29 is 26.3 Å². The minimum absolute atomic E-state index is 0.167. The Morgan fingerprint density at radius 1 is 0.724 bits per heavy atom. The molecule has 152 valence electrons. The van der Waals surface area contributed by atoms with Gasteiger partial charge in [-0.25, -0.2) is 0 Å². The molecule has 0 nitrogen and oxygen atoms in total. The number of allylic oxidation sites excluding steroid dienone is 2. The first-order chi connectivity index (χ1) is 13.4. The van der Waals surface area contributed by atoms with E-state index in [0.717, 1.165) is 34.8 Å². The van der Waals surface area contributed by atoms with Gasteiger partial charge < -0.3 is 0 Å². The average Bonchev–Trinajstić information content (AvgIpc) is 3.17. The molecule has 0 saturated carbocycles. The van der Waals surface area contributed by atoms with Gasteiger partial charge >= 0.3 is 17.8 Å². The molecule has 0 aliphatic heterocycles. The second-order valence-corrected chi connectivity index (χ2v) is 9.07. The predicted molar refractivity (Wildman–Crippen MR) is 111 cm³/mol. The van der Waals surface area contributed by atoms with Gasteiger partial charge in [0.15, 0.2) is 0 Å². The molecule has 29 heavy (non-hydrogen) atoms. The molecule has 0 amide bonds. The van der Waals surface area contributed by atoms with Crippen molar-refractivity contribution in [3.05, 3.63) is 42.8 Å². The quantitative estimate of drug-likeness (QED) is 0.266. The normalized spacial score (nSPS) is 18.8. The van der Waals surface area contributed by atoms with Crippen molar-refractivity contribution in [3.8, 4) is 22.3 Å². The molecule has 2 aromatic heterocycles. The summed E-state index contributed by atoms with van der Waals surface area (Å²) >= 11 is 9.29. The fourth-order valence-electron chi connectivity index (χ4n) is 3.13. The molecule has 0 radical (unpaired) electrons. The zero-order chi connectivity index (χ0) is 21.8. The van der Waals surface area contributed by atoms with Gasteiger partial charge in [-0.2, -0.15) is 26.3 Å². The van der Waals surface area contributed by atoms with Crippen LogP contribution in [0.5, 0.6) is 0 Å². The number of alkyl halides is 6. The van der Waals surface area contributed by atoms with Gasteiger partial charge in [-0.1, -0.05) is 25.3 Å². The van der Waals surface area contributed by atoms with Crippen LogP contribution >= 0.6 is 47.9 Å². The lowest BCUT2D eigenvalue weighted by Gasteiger charge is -2.25. The van der Waals surface area contributed by atoms with Crippen molar-refractivity contribution in [1.82, 2.24) is 0 Å². The highest BCUT2D eigenvalue weighted by Crippen LogP contribution is 2.65. The minimum Gasteiger partial charge on any atom is -0.194 e. The van der Waals surface area contributed by atoms with Crippen molar-refractivity contribution in [2.75, 3.05) is 0 Å². The van der Waals surface area contributed by atoms with E-state index in [1.165, 1.54) is 13.8 Å². The lowest BCUT2D eigenvalue weighted by Crippen LogP contribution is -2.48. The summed E-state index contributed by atoms with van der Waals surface area (Å²) in [5.41, 5.74) is -3.55. The zero-order valence-corrected chi connectivity index (χ0v) is 18.1. The Bertz CT molecular complexity index is 1060. The maximum Gasteiger partial charge on any atom is 0.380 e. The molecule has 2 heterocycles. The molecule has 0 saturated heterocycles. The molecule has 0 fully saturated rings. The van der Waals surface area contributed by atoms with Crippen molar-refractivity contribution in [1.29, 1.82) is 0 Å². The van der Waals surface area contributed by atoms with Crippen LogP contribution in [-0.4, -0.2) is 17.8 Å². The number of hydrogen-bond donors (Lipinski definition) is 2. The number of thiophene rings is 2. The lowest BCUT2D eigenvalue weighted by atomic mass is 9.95. The van der Waals surface area contributed by atoms with Gasteiger partial charge in [0, 0.05) is 20.9 Å². The van der Waals surface area contributed by atoms with Gasteiger partial charge in [-0.3, -0.25) is 0 Å². The van der Waals surface area contributed by atoms with E-state index < -0.39 is 28.9 Å². The van der Waals surface area contributed by atoms with E-state index in [9.17, 15) is 26.3 Å². The predicted octanol–water partition coefficient (Wildman–Crippen LogP) is 6.73. The summed E-state index contributed by atoms with van der Waals surface area (Å²) in [7, 11) is 0. The molecule has 3 rings (SSSR count). The summed E-state index contributed by atoms with van der Waals surface area (Å²) in [6, 6.07) is 2.22. The zero-order valence-electron chi connectivity index (χ0n) is 14.6. The summed E-state index contributed by atoms with van der Waals surface area (Å²) < 4.78 is 87.8. The van der Waals surface area contributed by atoms with Crippen LogP contribution in [-0.2, 0) is 0 Å². The van der Waals surface area contributed by atoms with E-state index in [4.69, 9.17) is 0 Å². The highest BCUT2D eigenvalue weighted by molar-refractivity contribution is 7.85. The number of halogens is 6. The van der Waals surface area contributed by atoms with Gasteiger partial charge in [0.25, 0.3) is 0 Å². The second kappa shape index (κ2) is 7.35. The molecule has 0 atom stereocenters. The Morgan fingerprint density at radius 2 is 1.07 bits per heavy atom. The van der Waals surface area contributed by atoms with E-state index >= 15 is 0 Å². The van der Waals surface area contributed by atoms with E-state index in [0.29, 0.717) is 0 Å². The van der Waals surface area contributed by atoms with Gasteiger partial charge in [0.05, 0.1) is 9.75 Å². The molecule has 0 spiro atoms. The third kappa shape index (κ3) is 3.21. The van der Waals surface area contributed by atoms with Gasteiger partial charge in [-0.15, -0.1) is 22.7 Å². The SMILES string of the molecule is Cc1sc(C#CS)cc1C1=C(c2cc(C#CS)sc2C)C(F)(F)C(F)(F)C1(F)F. The van der Waals surface area contributed by atoms with Crippen LogP contribution in [0.15, 0.2) is 12.1 Å². The standard InChI is InChI=1S/C19H10F6S4/c1-9-13(7-11(28-9)3-5-26)15-16(14-8-12(4-6-27)29-10(14)2)18(22,23)19(24,25)17(15,20)21/h7-8,26-27H,1-2H3. The number of rotatable bonds is 2. The monoisotopic (exact) mass is 480 g/mol. The summed E-state index contributed by atoms with van der Waals surface area (Å²) in [5.74, 6) is -10.8. The largest absolute Gasteiger partial charge is 0.380 e. The van der Waals surface area contributed by atoms with Crippen LogP contribution in [0.1, 0.15) is 30.6 Å². The summed E-state index contributed by atoms with van der Waals surface area (Å²) in [6.07, 6.45) is 0. The first-order valence-electron chi connectivity index (χ1n) is 7.80. The highest BCUT2D eigenvalue weighted by Gasteiger charge is 2.80. The van der Waals surface area contributed by atoms with Crippen LogP contribution in [0.2, 0.25) is 0 Å². The topological polar surface area (TPSA) is 0 Å². The van der Waals surface area contributed by atoms with Gasteiger partial charge in [0.2, 0.25) is 0 Å². The third-order valence-corrected chi connectivity index (χ3v) is 6.55. The van der Waals surface area contributed by atoms with E-state index in [2.05, 4.69) is 47.6 Å². The lowest BCUT2D eigenvalue weighted by molar-refractivity contribution is -0.254. The molecule has 0 unspecified atom stereocenters. The van der Waals surface area contributed by atoms with Crippen molar-refractivity contribution in [2.45, 2.75) is 31.6 Å². The summed E-state index contributed by atoms with van der Waals surface area (Å²) in [6.45, 7) is 2.77. The Kier molecular flexibility index (Phi) is 5.63. The third-order valence-electron chi connectivity index (χ3n) is 4.40. The van der Waals surface area contributed by atoms with Crippen LogP contribution in [0.25, 0.3) is 11.1 Å². The highest BCUT2D eigenvalue weighted by atomic mass is 32.1. The summed E-state index contributed by atoms with van der Waals surface area (Å²) in [5, 5.41) is 4.54. The molecule has 10 heteroatoms. The van der Waals surface area contributed by atoms with Crippen molar-refractivity contribution in [3.63, 3.8) is 0 Å². The Balaban J connectivity index is 2.43. The molecular formula is C19H10F6S4. The number of aryl methyl sites for hydroxylation is 2.